The predicted molar refractivity (Wildman–Crippen MR) is 107 cm³/mol. The molecule has 4 unspecified atom stereocenters. The largest absolute Gasteiger partial charge is 0.280 e. The first kappa shape index (κ1) is 22.5. The molecule has 1 saturated carbocycles. The van der Waals surface area contributed by atoms with Crippen LogP contribution in [0.2, 0.25) is 0 Å². The number of aromatic amines is 1. The van der Waals surface area contributed by atoms with Crippen molar-refractivity contribution in [3.05, 3.63) is 16.4 Å². The minimum Gasteiger partial charge on any atom is -0.280 e. The highest BCUT2D eigenvalue weighted by Crippen LogP contribution is 2.38. The third kappa shape index (κ3) is 5.00. The highest BCUT2D eigenvalue weighted by molar-refractivity contribution is 7.92. The topological polar surface area (TPSA) is 121 Å². The molecule has 9 nitrogen and oxygen atoms in total. The second-order valence-electron chi connectivity index (χ2n) is 6.49. The number of anilines is 1. The van der Waals surface area contributed by atoms with Crippen LogP contribution in [-0.4, -0.2) is 66.3 Å². The highest BCUT2D eigenvalue weighted by Gasteiger charge is 2.45. The maximum atomic E-state index is 12.8. The summed E-state index contributed by atoms with van der Waals surface area (Å²) < 4.78 is 53.0. The summed E-state index contributed by atoms with van der Waals surface area (Å²) in [5.41, 5.74) is -0.481. The first-order chi connectivity index (χ1) is 12.4. The molecule has 0 radical (unpaired) electrons. The van der Waals surface area contributed by atoms with Gasteiger partial charge < -0.3 is 0 Å². The molecule has 0 spiro atoms. The van der Waals surface area contributed by atoms with E-state index in [0.717, 1.165) is 12.3 Å². The van der Waals surface area contributed by atoms with E-state index in [2.05, 4.69) is 9.82 Å². The molecule has 13 heteroatoms. The lowest BCUT2D eigenvalue weighted by Crippen LogP contribution is -2.49. The second kappa shape index (κ2) is 8.32. The molecule has 2 rings (SSSR count). The Morgan fingerprint density at radius 3 is 2.30 bits per heavy atom. The molecule has 1 aliphatic rings. The van der Waals surface area contributed by atoms with Crippen LogP contribution in [-0.2, 0) is 20.0 Å². The van der Waals surface area contributed by atoms with Crippen molar-refractivity contribution in [2.75, 3.05) is 24.1 Å². The summed E-state index contributed by atoms with van der Waals surface area (Å²) in [6.07, 6.45) is 1.20. The SMILES string of the molecule is CCN(CC)S(=O)(=O)C1CC(Cl)C(n2[nH]c(NS(C)(=O)=O)cc2=O)CC1Cl. The van der Waals surface area contributed by atoms with E-state index >= 15 is 0 Å². The number of hydrogen-bond acceptors (Lipinski definition) is 5. The molecule has 0 aromatic carbocycles. The Labute approximate surface area is 169 Å². The van der Waals surface area contributed by atoms with Crippen LogP contribution in [0.15, 0.2) is 10.9 Å². The molecule has 1 aromatic rings. The van der Waals surface area contributed by atoms with E-state index in [-0.39, 0.29) is 18.7 Å². The molecular formula is C14H24Cl2N4O5S2. The lowest BCUT2D eigenvalue weighted by atomic mass is 9.94. The van der Waals surface area contributed by atoms with Crippen molar-refractivity contribution in [3.8, 4) is 0 Å². The average Bonchev–Trinajstić information content (AvgIpc) is 2.88. The Morgan fingerprint density at radius 1 is 1.19 bits per heavy atom. The number of halogens is 2. The van der Waals surface area contributed by atoms with Gasteiger partial charge in [-0.2, -0.15) is 0 Å². The van der Waals surface area contributed by atoms with Crippen LogP contribution in [0.4, 0.5) is 5.82 Å². The fourth-order valence-electron chi connectivity index (χ4n) is 3.32. The molecule has 1 aliphatic carbocycles. The Morgan fingerprint density at radius 2 is 1.78 bits per heavy atom. The molecule has 1 heterocycles. The average molecular weight is 463 g/mol. The number of aromatic nitrogens is 2. The monoisotopic (exact) mass is 462 g/mol. The number of nitrogens with one attached hydrogen (secondary N) is 2. The van der Waals surface area contributed by atoms with Crippen LogP contribution in [0.1, 0.15) is 32.7 Å². The van der Waals surface area contributed by atoms with E-state index in [1.165, 1.54) is 8.99 Å². The van der Waals surface area contributed by atoms with Crippen LogP contribution in [0.25, 0.3) is 0 Å². The Hall–Kier alpha value is -0.750. The van der Waals surface area contributed by atoms with Crippen LogP contribution in [0.5, 0.6) is 0 Å². The number of nitrogens with zero attached hydrogens (tertiary/aromatic N) is 2. The van der Waals surface area contributed by atoms with Gasteiger partial charge in [-0.05, 0) is 12.8 Å². The third-order valence-electron chi connectivity index (χ3n) is 4.57. The molecule has 0 saturated heterocycles. The van der Waals surface area contributed by atoms with Gasteiger partial charge in [-0.3, -0.25) is 14.6 Å². The van der Waals surface area contributed by atoms with Crippen LogP contribution in [0, 0.1) is 0 Å². The number of alkyl halides is 2. The van der Waals surface area contributed by atoms with Crippen molar-refractivity contribution in [1.29, 1.82) is 0 Å². The number of sulfonamides is 2. The Kier molecular flexibility index (Phi) is 6.94. The lowest BCUT2D eigenvalue weighted by Gasteiger charge is -2.37. The molecule has 4 atom stereocenters. The second-order valence-corrected chi connectivity index (χ2v) is 11.5. The van der Waals surface area contributed by atoms with Gasteiger partial charge in [-0.1, -0.05) is 13.8 Å². The number of H-pyrrole nitrogens is 1. The first-order valence-corrected chi connectivity index (χ1v) is 12.7. The summed E-state index contributed by atoms with van der Waals surface area (Å²) in [5.74, 6) is 0.00961. The van der Waals surface area contributed by atoms with Crippen molar-refractivity contribution in [3.63, 3.8) is 0 Å². The van der Waals surface area contributed by atoms with Gasteiger partial charge in [-0.15, -0.1) is 23.2 Å². The zero-order valence-corrected chi connectivity index (χ0v) is 18.4. The van der Waals surface area contributed by atoms with Gasteiger partial charge in [0.05, 0.1) is 28.3 Å². The molecule has 2 N–H and O–H groups in total. The third-order valence-corrected chi connectivity index (χ3v) is 8.78. The fourth-order valence-corrected chi connectivity index (χ4v) is 7.05. The molecular weight excluding hydrogens is 439 g/mol. The van der Waals surface area contributed by atoms with E-state index in [1.807, 2.05) is 0 Å². The summed E-state index contributed by atoms with van der Waals surface area (Å²) in [6.45, 7) is 4.18. The van der Waals surface area contributed by atoms with Gasteiger partial charge in [0.25, 0.3) is 5.56 Å². The van der Waals surface area contributed by atoms with E-state index in [9.17, 15) is 21.6 Å². The normalized spacial score (nSPS) is 27.0. The molecule has 27 heavy (non-hydrogen) atoms. The maximum Gasteiger partial charge on any atom is 0.268 e. The summed E-state index contributed by atoms with van der Waals surface area (Å²) >= 11 is 12.8. The van der Waals surface area contributed by atoms with Crippen molar-refractivity contribution in [1.82, 2.24) is 14.1 Å². The van der Waals surface area contributed by atoms with Crippen molar-refractivity contribution >= 4 is 49.1 Å². The van der Waals surface area contributed by atoms with E-state index in [0.29, 0.717) is 13.1 Å². The van der Waals surface area contributed by atoms with Crippen LogP contribution < -0.4 is 10.3 Å². The predicted octanol–water partition coefficient (Wildman–Crippen LogP) is 1.14. The van der Waals surface area contributed by atoms with Gasteiger partial charge in [0.15, 0.2) is 0 Å². The number of hydrogen-bond donors (Lipinski definition) is 2. The quantitative estimate of drug-likeness (QED) is 0.588. The molecule has 156 valence electrons. The Balaban J connectivity index is 2.27. The van der Waals surface area contributed by atoms with E-state index in [1.54, 1.807) is 13.8 Å². The zero-order valence-electron chi connectivity index (χ0n) is 15.2. The van der Waals surface area contributed by atoms with E-state index in [4.69, 9.17) is 23.2 Å². The van der Waals surface area contributed by atoms with Crippen molar-refractivity contribution in [2.45, 2.75) is 48.7 Å². The van der Waals surface area contributed by atoms with Crippen LogP contribution in [0.3, 0.4) is 0 Å². The molecule has 0 amide bonds. The fraction of sp³-hybridized carbons (Fsp3) is 0.786. The molecule has 1 fully saturated rings. The minimum absolute atomic E-state index is 0.00961. The molecule has 1 aromatic heterocycles. The standard InChI is InChI=1S/C14H24Cl2N4O5S2/c1-4-19(5-2)27(24,25)12-7-9(15)11(6-10(12)16)20-14(21)8-13(17-20)18-26(3,22)23/h8-12,17-18H,4-7H2,1-3H3. The zero-order chi connectivity index (χ0) is 20.6. The summed E-state index contributed by atoms with van der Waals surface area (Å²) in [5, 5.41) is 0.411. The maximum absolute atomic E-state index is 12.8. The van der Waals surface area contributed by atoms with Crippen molar-refractivity contribution in [2.24, 2.45) is 0 Å². The molecule has 0 bridgehead atoms. The Bertz CT molecular complexity index is 924. The van der Waals surface area contributed by atoms with Crippen LogP contribution >= 0.6 is 23.2 Å². The van der Waals surface area contributed by atoms with Gasteiger partial charge in [0.2, 0.25) is 20.0 Å². The summed E-state index contributed by atoms with van der Waals surface area (Å²) in [6, 6.07) is 0.520. The first-order valence-electron chi connectivity index (χ1n) is 8.47. The molecule has 0 aliphatic heterocycles. The van der Waals surface area contributed by atoms with Gasteiger partial charge >= 0.3 is 0 Å². The smallest absolute Gasteiger partial charge is 0.268 e. The van der Waals surface area contributed by atoms with Crippen molar-refractivity contribution < 1.29 is 16.8 Å². The highest BCUT2D eigenvalue weighted by atomic mass is 35.5. The van der Waals surface area contributed by atoms with Gasteiger partial charge in [0.1, 0.15) is 5.82 Å². The minimum atomic E-state index is -3.61. The summed E-state index contributed by atoms with van der Waals surface area (Å²) in [4.78, 5) is 12.2. The summed E-state index contributed by atoms with van der Waals surface area (Å²) in [7, 11) is -7.17. The number of rotatable bonds is 7. The van der Waals surface area contributed by atoms with Gasteiger partial charge in [0, 0.05) is 19.2 Å². The van der Waals surface area contributed by atoms with E-state index < -0.39 is 47.7 Å². The van der Waals surface area contributed by atoms with Gasteiger partial charge in [-0.25, -0.2) is 25.8 Å². The lowest BCUT2D eigenvalue weighted by molar-refractivity contribution is 0.325.